The maximum Gasteiger partial charge on any atom is 0.261 e. The molecule has 0 fully saturated rings. The van der Waals surface area contributed by atoms with E-state index in [1.165, 1.54) is 11.3 Å². The summed E-state index contributed by atoms with van der Waals surface area (Å²) < 4.78 is 0. The number of thiophene rings is 1. The lowest BCUT2D eigenvalue weighted by atomic mass is 10.4. The third-order valence-corrected chi connectivity index (χ3v) is 4.18. The first-order chi connectivity index (χ1) is 9.19. The molecule has 4 nitrogen and oxygen atoms in total. The van der Waals surface area contributed by atoms with Gasteiger partial charge in [-0.3, -0.25) is 4.79 Å². The molecule has 0 aliphatic heterocycles. The molecule has 0 unspecified atom stereocenters. The molecule has 0 aliphatic carbocycles. The Kier molecular flexibility index (Phi) is 4.68. The van der Waals surface area contributed by atoms with Gasteiger partial charge in [-0.2, -0.15) is 0 Å². The summed E-state index contributed by atoms with van der Waals surface area (Å²) in [4.78, 5) is 17.7. The maximum absolute atomic E-state index is 11.9. The fourth-order valence-electron chi connectivity index (χ4n) is 1.39. The molecule has 2 aromatic rings. The smallest absolute Gasteiger partial charge is 0.261 e. The number of carbonyl (C=O) groups excluding carboxylic acids is 1. The van der Waals surface area contributed by atoms with E-state index >= 15 is 0 Å². The van der Waals surface area contributed by atoms with Crippen LogP contribution in [0.5, 0.6) is 0 Å². The summed E-state index contributed by atoms with van der Waals surface area (Å²) in [5, 5.41) is 5.72. The number of hydrogen-bond donors (Lipinski definition) is 2. The van der Waals surface area contributed by atoms with Crippen molar-refractivity contribution in [2.45, 2.75) is 13.5 Å². The molecule has 1 amide bonds. The number of thiazole rings is 1. The number of aromatic nitrogens is 1. The minimum atomic E-state index is -0.0985. The third kappa shape index (κ3) is 3.89. The molecule has 98 valence electrons. The third-order valence-electron chi connectivity index (χ3n) is 2.21. The molecular weight excluding hydrogens is 278 g/mol. The van der Waals surface area contributed by atoms with E-state index in [4.69, 9.17) is 5.73 Å². The van der Waals surface area contributed by atoms with Crippen LogP contribution in [0.1, 0.15) is 25.3 Å². The number of carbonyl (C=O) groups is 1. The molecule has 3 N–H and O–H groups in total. The van der Waals surface area contributed by atoms with Gasteiger partial charge in [-0.1, -0.05) is 11.8 Å². The van der Waals surface area contributed by atoms with Crippen LogP contribution in [0.4, 0.5) is 0 Å². The average Bonchev–Trinajstić information content (AvgIpc) is 3.02. The van der Waals surface area contributed by atoms with Crippen molar-refractivity contribution in [1.82, 2.24) is 10.3 Å². The maximum atomic E-state index is 11.9. The van der Waals surface area contributed by atoms with E-state index in [1.54, 1.807) is 17.4 Å². The molecule has 0 aliphatic rings. The number of nitrogens with one attached hydrogen (secondary N) is 1. The van der Waals surface area contributed by atoms with Crippen molar-refractivity contribution in [3.8, 4) is 11.8 Å². The quantitative estimate of drug-likeness (QED) is 0.847. The Morgan fingerprint density at radius 3 is 3.05 bits per heavy atom. The van der Waals surface area contributed by atoms with Gasteiger partial charge in [0.15, 0.2) is 0 Å². The predicted octanol–water partition coefficient (Wildman–Crippen LogP) is 1.75. The Labute approximate surface area is 119 Å². The van der Waals surface area contributed by atoms with Gasteiger partial charge in [0.2, 0.25) is 0 Å². The molecule has 2 heterocycles. The van der Waals surface area contributed by atoms with Crippen LogP contribution in [0.3, 0.4) is 0 Å². The summed E-state index contributed by atoms with van der Waals surface area (Å²) in [6.07, 6.45) is 0. The predicted molar refractivity (Wildman–Crippen MR) is 78.3 cm³/mol. The van der Waals surface area contributed by atoms with Crippen LogP contribution in [-0.4, -0.2) is 17.4 Å². The number of nitrogens with zero attached hydrogens (tertiary/aromatic N) is 1. The van der Waals surface area contributed by atoms with Crippen molar-refractivity contribution in [1.29, 1.82) is 0 Å². The molecule has 0 aromatic carbocycles. The van der Waals surface area contributed by atoms with Gasteiger partial charge >= 0.3 is 0 Å². The Bertz CT molecular complexity index is 634. The highest BCUT2D eigenvalue weighted by Gasteiger charge is 2.09. The Morgan fingerprint density at radius 1 is 1.53 bits per heavy atom. The lowest BCUT2D eigenvalue weighted by Gasteiger charge is -1.99. The highest BCUT2D eigenvalue weighted by Crippen LogP contribution is 2.15. The highest BCUT2D eigenvalue weighted by molar-refractivity contribution is 7.14. The molecule has 19 heavy (non-hydrogen) atoms. The first kappa shape index (κ1) is 13.7. The van der Waals surface area contributed by atoms with Crippen molar-refractivity contribution in [2.24, 2.45) is 5.73 Å². The highest BCUT2D eigenvalue weighted by atomic mass is 32.1. The van der Waals surface area contributed by atoms with Crippen molar-refractivity contribution in [2.75, 3.05) is 6.54 Å². The second kappa shape index (κ2) is 6.48. The largest absolute Gasteiger partial charge is 0.345 e. The molecule has 0 bridgehead atoms. The van der Waals surface area contributed by atoms with Crippen LogP contribution >= 0.6 is 22.7 Å². The van der Waals surface area contributed by atoms with E-state index < -0.39 is 0 Å². The van der Waals surface area contributed by atoms with Crippen LogP contribution in [0.2, 0.25) is 0 Å². The molecule has 0 atom stereocenters. The van der Waals surface area contributed by atoms with E-state index in [1.807, 2.05) is 18.4 Å². The molecule has 2 rings (SSSR count). The van der Waals surface area contributed by atoms with Gasteiger partial charge in [-0.25, -0.2) is 4.98 Å². The minimum Gasteiger partial charge on any atom is -0.345 e. The molecule has 0 saturated heterocycles. The summed E-state index contributed by atoms with van der Waals surface area (Å²) in [7, 11) is 0. The average molecular weight is 291 g/mol. The van der Waals surface area contributed by atoms with Crippen molar-refractivity contribution >= 4 is 28.6 Å². The summed E-state index contributed by atoms with van der Waals surface area (Å²) in [5.74, 6) is 5.58. The SMILES string of the molecule is Cc1csc(CNC(=O)c2ccc(C#CCN)s2)n1. The van der Waals surface area contributed by atoms with Gasteiger partial charge in [0.05, 0.1) is 22.8 Å². The first-order valence-corrected chi connectivity index (χ1v) is 7.36. The van der Waals surface area contributed by atoms with E-state index in [2.05, 4.69) is 22.1 Å². The lowest BCUT2D eigenvalue weighted by molar-refractivity contribution is 0.0955. The van der Waals surface area contributed by atoms with Gasteiger partial charge in [0.1, 0.15) is 5.01 Å². The lowest BCUT2D eigenvalue weighted by Crippen LogP contribution is -2.21. The first-order valence-electron chi connectivity index (χ1n) is 5.67. The molecule has 6 heteroatoms. The zero-order valence-electron chi connectivity index (χ0n) is 10.4. The van der Waals surface area contributed by atoms with E-state index in [0.29, 0.717) is 18.0 Å². The monoisotopic (exact) mass is 291 g/mol. The zero-order chi connectivity index (χ0) is 13.7. The van der Waals surface area contributed by atoms with Crippen molar-refractivity contribution in [3.63, 3.8) is 0 Å². The van der Waals surface area contributed by atoms with Crippen molar-refractivity contribution < 1.29 is 4.79 Å². The second-order valence-electron chi connectivity index (χ2n) is 3.74. The van der Waals surface area contributed by atoms with Gasteiger partial charge in [-0.05, 0) is 19.1 Å². The normalized spacial score (nSPS) is 9.79. The Hall–Kier alpha value is -1.68. The van der Waals surface area contributed by atoms with Gasteiger partial charge < -0.3 is 11.1 Å². The fraction of sp³-hybridized carbons (Fsp3) is 0.231. The number of hydrogen-bond acceptors (Lipinski definition) is 5. The van der Waals surface area contributed by atoms with Crippen LogP contribution < -0.4 is 11.1 Å². The number of amides is 1. The zero-order valence-corrected chi connectivity index (χ0v) is 12.0. The molecule has 0 saturated carbocycles. The minimum absolute atomic E-state index is 0.0985. The molecule has 0 spiro atoms. The van der Waals surface area contributed by atoms with E-state index in [0.717, 1.165) is 15.6 Å². The Balaban J connectivity index is 1.94. The van der Waals surface area contributed by atoms with Crippen LogP contribution in [0, 0.1) is 18.8 Å². The molecule has 0 radical (unpaired) electrons. The van der Waals surface area contributed by atoms with Gasteiger partial charge in [0.25, 0.3) is 5.91 Å². The topological polar surface area (TPSA) is 68.0 Å². The van der Waals surface area contributed by atoms with E-state index in [9.17, 15) is 4.79 Å². The number of rotatable bonds is 3. The summed E-state index contributed by atoms with van der Waals surface area (Å²) in [6, 6.07) is 3.60. The summed E-state index contributed by atoms with van der Waals surface area (Å²) >= 11 is 2.91. The van der Waals surface area contributed by atoms with Crippen LogP contribution in [-0.2, 0) is 6.54 Å². The standard InChI is InChI=1S/C13H13N3OS2/c1-9-8-18-12(16-9)7-15-13(17)11-5-4-10(19-11)3-2-6-14/h4-5,8H,6-7,14H2,1H3,(H,15,17). The van der Waals surface area contributed by atoms with Crippen molar-refractivity contribution in [3.05, 3.63) is 38.0 Å². The van der Waals surface area contributed by atoms with Crippen LogP contribution in [0.25, 0.3) is 0 Å². The summed E-state index contributed by atoms with van der Waals surface area (Å²) in [6.45, 7) is 2.71. The van der Waals surface area contributed by atoms with Gasteiger partial charge in [-0.15, -0.1) is 22.7 Å². The second-order valence-corrected chi connectivity index (χ2v) is 5.76. The van der Waals surface area contributed by atoms with Crippen LogP contribution in [0.15, 0.2) is 17.5 Å². The number of nitrogens with two attached hydrogens (primary N) is 1. The number of aryl methyl sites for hydroxylation is 1. The molecular formula is C13H13N3OS2. The molecule has 2 aromatic heterocycles. The van der Waals surface area contributed by atoms with Gasteiger partial charge in [0, 0.05) is 11.1 Å². The Morgan fingerprint density at radius 2 is 2.37 bits per heavy atom. The summed E-state index contributed by atoms with van der Waals surface area (Å²) in [5.41, 5.74) is 6.28. The fourth-order valence-corrected chi connectivity index (χ4v) is 2.90. The van der Waals surface area contributed by atoms with E-state index in [-0.39, 0.29) is 5.91 Å².